The van der Waals surface area contributed by atoms with Gasteiger partial charge in [0.2, 0.25) is 0 Å². The van der Waals surface area contributed by atoms with E-state index >= 15 is 0 Å². The lowest BCUT2D eigenvalue weighted by molar-refractivity contribution is 1.23. The van der Waals surface area contributed by atoms with E-state index in [0.717, 1.165) is 39.3 Å². The van der Waals surface area contributed by atoms with Crippen LogP contribution in [-0.4, -0.2) is 18.0 Å². The highest BCUT2D eigenvalue weighted by Crippen LogP contribution is 2.39. The van der Waals surface area contributed by atoms with Crippen molar-refractivity contribution in [2.24, 2.45) is 0 Å². The Morgan fingerprint density at radius 2 is 0.891 bits per heavy atom. The Kier molecular flexibility index (Phi) is 7.04. The van der Waals surface area contributed by atoms with E-state index in [1.54, 1.807) is 0 Å². The van der Waals surface area contributed by atoms with Gasteiger partial charge in [-0.3, -0.25) is 0 Å². The second kappa shape index (κ2) is 12.2. The fourth-order valence-electron chi connectivity index (χ4n) is 9.23. The zero-order valence-electron chi connectivity index (χ0n) is 30.7. The van der Waals surface area contributed by atoms with Gasteiger partial charge in [0.25, 0.3) is 0 Å². The van der Waals surface area contributed by atoms with Crippen molar-refractivity contribution in [3.05, 3.63) is 182 Å². The van der Waals surface area contributed by atoms with Gasteiger partial charge in [-0.25, -0.2) is 9.97 Å². The second-order valence-electron chi connectivity index (χ2n) is 15.3. The molecule has 10 aromatic rings. The van der Waals surface area contributed by atoms with E-state index in [-0.39, 0.29) is 0 Å². The first kappa shape index (κ1) is 31.8. The summed E-state index contributed by atoms with van der Waals surface area (Å²) in [5.41, 5.74) is 11.5. The minimum Gasteiger partial charge on any atom is -0.228 e. The molecule has 1 aliphatic heterocycles. The van der Waals surface area contributed by atoms with E-state index in [1.807, 2.05) is 0 Å². The van der Waals surface area contributed by atoms with Crippen LogP contribution in [0.1, 0.15) is 0 Å². The molecule has 0 amide bonds. The Morgan fingerprint density at radius 3 is 1.58 bits per heavy atom. The smallest absolute Gasteiger partial charge is 0.160 e. The Bertz CT molecular complexity index is 3150. The molecule has 0 spiro atoms. The predicted molar refractivity (Wildman–Crippen MR) is 236 cm³/mol. The zero-order valence-corrected chi connectivity index (χ0v) is 31.7. The van der Waals surface area contributed by atoms with Crippen molar-refractivity contribution in [3.63, 3.8) is 0 Å². The number of rotatable bonds is 4. The number of fused-ring (bicyclic) bond motifs is 11. The molecule has 2 nitrogen and oxygen atoms in total. The quantitative estimate of drug-likeness (QED) is 0.134. The monoisotopic (exact) mass is 716 g/mol. The van der Waals surface area contributed by atoms with E-state index < -0.39 is 8.07 Å². The SMILES string of the molecule is C[Si]1(C)c2ccccc2-c2ccc3nc(-c4cccc(-c5cccc(-c6ccc7c8ccccc8c8ccccc8c7c6)c5)c4)nc(-c4ccccc4)c3c21. The minimum absolute atomic E-state index is 0.743. The molecule has 0 aliphatic carbocycles. The third kappa shape index (κ3) is 4.94. The van der Waals surface area contributed by atoms with Crippen molar-refractivity contribution < 1.29 is 0 Å². The highest BCUT2D eigenvalue weighted by molar-refractivity contribution is 7.05. The summed E-state index contributed by atoms with van der Waals surface area (Å²) in [6, 6.07) is 66.2. The third-order valence-corrected chi connectivity index (χ3v) is 15.4. The maximum absolute atomic E-state index is 5.43. The average molecular weight is 717 g/mol. The highest BCUT2D eigenvalue weighted by atomic mass is 28.3. The van der Waals surface area contributed by atoms with E-state index in [4.69, 9.17) is 9.97 Å². The molecule has 0 saturated heterocycles. The third-order valence-electron chi connectivity index (χ3n) is 11.8. The van der Waals surface area contributed by atoms with Crippen molar-refractivity contribution >= 4 is 61.7 Å². The number of aromatic nitrogens is 2. The molecular weight excluding hydrogens is 681 g/mol. The summed E-state index contributed by atoms with van der Waals surface area (Å²) in [5, 5.41) is 11.9. The van der Waals surface area contributed by atoms with Crippen LogP contribution in [0.4, 0.5) is 0 Å². The van der Waals surface area contributed by atoms with Gasteiger partial charge < -0.3 is 0 Å². The fraction of sp³-hybridized carbons (Fsp3) is 0.0385. The van der Waals surface area contributed by atoms with Crippen LogP contribution in [-0.2, 0) is 0 Å². The molecular formula is C52H36N2Si. The number of benzene rings is 9. The van der Waals surface area contributed by atoms with Crippen LogP contribution < -0.4 is 10.4 Å². The summed E-state index contributed by atoms with van der Waals surface area (Å²) < 4.78 is 0. The molecule has 0 bridgehead atoms. The van der Waals surface area contributed by atoms with E-state index in [1.165, 1.54) is 70.3 Å². The topological polar surface area (TPSA) is 25.8 Å². The van der Waals surface area contributed by atoms with Gasteiger partial charge in [0, 0.05) is 16.5 Å². The van der Waals surface area contributed by atoms with Gasteiger partial charge in [0.15, 0.2) is 5.82 Å². The van der Waals surface area contributed by atoms with E-state index in [9.17, 15) is 0 Å². The summed E-state index contributed by atoms with van der Waals surface area (Å²) in [5.74, 6) is 0.743. The first-order chi connectivity index (χ1) is 27.0. The van der Waals surface area contributed by atoms with Crippen LogP contribution >= 0.6 is 0 Å². The maximum Gasteiger partial charge on any atom is 0.160 e. The summed E-state index contributed by atoms with van der Waals surface area (Å²) in [7, 11) is -2.01. The highest BCUT2D eigenvalue weighted by Gasteiger charge is 2.39. The molecule has 9 aromatic carbocycles. The van der Waals surface area contributed by atoms with Crippen molar-refractivity contribution in [1.29, 1.82) is 0 Å². The molecule has 1 aliphatic rings. The van der Waals surface area contributed by atoms with Crippen molar-refractivity contribution in [1.82, 2.24) is 9.97 Å². The Morgan fingerprint density at radius 1 is 0.364 bits per heavy atom. The van der Waals surface area contributed by atoms with Gasteiger partial charge in [0.05, 0.1) is 11.2 Å². The lowest BCUT2D eigenvalue weighted by Gasteiger charge is -2.22. The van der Waals surface area contributed by atoms with Gasteiger partial charge in [-0.1, -0.05) is 171 Å². The van der Waals surface area contributed by atoms with Gasteiger partial charge in [-0.15, -0.1) is 0 Å². The number of nitrogens with zero attached hydrogens (tertiary/aromatic N) is 2. The molecule has 2 heterocycles. The Hall–Kier alpha value is -6.68. The summed E-state index contributed by atoms with van der Waals surface area (Å²) in [6.07, 6.45) is 0. The maximum atomic E-state index is 5.43. The van der Waals surface area contributed by atoms with Crippen molar-refractivity contribution in [3.8, 4) is 56.0 Å². The van der Waals surface area contributed by atoms with Crippen molar-refractivity contribution in [2.75, 3.05) is 0 Å². The summed E-state index contributed by atoms with van der Waals surface area (Å²) in [4.78, 5) is 10.8. The molecule has 11 rings (SSSR count). The van der Waals surface area contributed by atoms with E-state index in [0.29, 0.717) is 0 Å². The molecule has 0 saturated carbocycles. The molecule has 0 N–H and O–H groups in total. The van der Waals surface area contributed by atoms with Gasteiger partial charge >= 0.3 is 0 Å². The number of hydrogen-bond acceptors (Lipinski definition) is 2. The normalized spacial score (nSPS) is 13.1. The molecule has 3 heteroatoms. The molecule has 0 radical (unpaired) electrons. The largest absolute Gasteiger partial charge is 0.228 e. The summed E-state index contributed by atoms with van der Waals surface area (Å²) >= 11 is 0. The first-order valence-corrected chi connectivity index (χ1v) is 22.1. The summed E-state index contributed by atoms with van der Waals surface area (Å²) in [6.45, 7) is 4.94. The number of hydrogen-bond donors (Lipinski definition) is 0. The molecule has 258 valence electrons. The molecule has 55 heavy (non-hydrogen) atoms. The zero-order chi connectivity index (χ0) is 36.7. The van der Waals surface area contributed by atoms with Gasteiger partial charge in [-0.2, -0.15) is 0 Å². The molecule has 1 aromatic heterocycles. The van der Waals surface area contributed by atoms with Crippen LogP contribution in [0.25, 0.3) is 99.2 Å². The van der Waals surface area contributed by atoms with Crippen molar-refractivity contribution in [2.45, 2.75) is 13.1 Å². The Labute approximate surface area is 321 Å². The van der Waals surface area contributed by atoms with Gasteiger partial charge in [0.1, 0.15) is 8.07 Å². The van der Waals surface area contributed by atoms with Crippen LogP contribution in [0, 0.1) is 0 Å². The van der Waals surface area contributed by atoms with Crippen LogP contribution in [0.2, 0.25) is 13.1 Å². The first-order valence-electron chi connectivity index (χ1n) is 19.1. The predicted octanol–water partition coefficient (Wildman–Crippen LogP) is 12.6. The van der Waals surface area contributed by atoms with Crippen LogP contribution in [0.3, 0.4) is 0 Å². The Balaban J connectivity index is 1.04. The lowest BCUT2D eigenvalue weighted by atomic mass is 9.91. The lowest BCUT2D eigenvalue weighted by Crippen LogP contribution is -2.49. The average Bonchev–Trinajstić information content (AvgIpc) is 3.49. The fourth-order valence-corrected chi connectivity index (χ4v) is 12.7. The molecule has 0 atom stereocenters. The standard InChI is InChI=1S/C52H36N2Si/c1-55(2)48-25-11-10-24-44(48)45-28-29-47-49(51(45)55)50(33-14-4-3-5-15-33)54-52(53-47)38-19-13-18-36(31-38)34-16-12-17-35(30-34)37-26-27-43-41-22-7-6-20-39(41)40-21-8-9-23-42(40)46(43)32-37/h3-32H,1-2H3. The van der Waals surface area contributed by atoms with E-state index in [2.05, 4.69) is 195 Å². The van der Waals surface area contributed by atoms with Gasteiger partial charge in [-0.05, 0) is 100 Å². The second-order valence-corrected chi connectivity index (χ2v) is 19.6. The minimum atomic E-state index is -2.01. The molecule has 0 fully saturated rings. The van der Waals surface area contributed by atoms with Crippen LogP contribution in [0.15, 0.2) is 182 Å². The molecule has 0 unspecified atom stereocenters. The van der Waals surface area contributed by atoms with Crippen LogP contribution in [0.5, 0.6) is 0 Å².